The van der Waals surface area contributed by atoms with E-state index >= 15 is 0 Å². The van der Waals surface area contributed by atoms with Crippen molar-refractivity contribution in [1.82, 2.24) is 19.1 Å². The first-order chi connectivity index (χ1) is 12.4. The molecule has 3 heterocycles. The van der Waals surface area contributed by atoms with Crippen LogP contribution >= 0.6 is 11.8 Å². The molecule has 26 heavy (non-hydrogen) atoms. The van der Waals surface area contributed by atoms with Gasteiger partial charge in [0.25, 0.3) is 0 Å². The SMILES string of the molecule is CCC(O)[C@H]1O[C@@H](n2c(=O)n(CCSC)c3cnc(N)nc32)[C@H](O)[C@H]1F. The number of nitrogens with two attached hydrogens (primary N) is 1. The zero-order valence-electron chi connectivity index (χ0n) is 14.4. The van der Waals surface area contributed by atoms with Crippen molar-refractivity contribution in [3.05, 3.63) is 16.7 Å². The molecule has 5 atom stereocenters. The highest BCUT2D eigenvalue weighted by Gasteiger charge is 2.49. The van der Waals surface area contributed by atoms with Crippen LogP contribution in [-0.4, -0.2) is 65.8 Å². The quantitative estimate of drug-likeness (QED) is 0.627. The van der Waals surface area contributed by atoms with Gasteiger partial charge in [0, 0.05) is 12.3 Å². The predicted octanol–water partition coefficient (Wildman–Crippen LogP) is -0.0945. The number of ether oxygens (including phenoxy) is 1. The third-order valence-corrected chi connectivity index (χ3v) is 5.12. The summed E-state index contributed by atoms with van der Waals surface area (Å²) in [6.07, 6.45) is -3.49. The van der Waals surface area contributed by atoms with Gasteiger partial charge in [-0.25, -0.2) is 18.7 Å². The molecule has 1 aliphatic heterocycles. The number of anilines is 1. The predicted molar refractivity (Wildman–Crippen MR) is 95.7 cm³/mol. The van der Waals surface area contributed by atoms with E-state index in [1.54, 1.807) is 18.7 Å². The Balaban J connectivity index is 2.11. The lowest BCUT2D eigenvalue weighted by atomic mass is 10.1. The number of imidazole rings is 1. The Hall–Kier alpha value is -1.69. The van der Waals surface area contributed by atoms with E-state index in [0.29, 0.717) is 17.8 Å². The summed E-state index contributed by atoms with van der Waals surface area (Å²) in [4.78, 5) is 20.9. The number of hydrogen-bond donors (Lipinski definition) is 3. The third-order valence-electron chi connectivity index (χ3n) is 4.52. The van der Waals surface area contributed by atoms with Crippen molar-refractivity contribution in [2.45, 2.75) is 50.6 Å². The summed E-state index contributed by atoms with van der Waals surface area (Å²) in [6.45, 7) is 2.06. The van der Waals surface area contributed by atoms with Crippen LogP contribution in [0.25, 0.3) is 11.2 Å². The number of aryl methyl sites for hydroxylation is 1. The Morgan fingerprint density at radius 1 is 1.54 bits per heavy atom. The second-order valence-corrected chi connectivity index (χ2v) is 7.12. The maximum atomic E-state index is 14.5. The largest absolute Gasteiger partial charge is 0.390 e. The number of nitrogen functional groups attached to an aromatic ring is 1. The number of nitrogens with zero attached hydrogens (tertiary/aromatic N) is 4. The highest BCUT2D eigenvalue weighted by molar-refractivity contribution is 7.98. The van der Waals surface area contributed by atoms with E-state index in [-0.39, 0.29) is 18.0 Å². The highest BCUT2D eigenvalue weighted by atomic mass is 32.2. The number of fused-ring (bicyclic) bond motifs is 1. The van der Waals surface area contributed by atoms with Crippen molar-refractivity contribution in [1.29, 1.82) is 0 Å². The van der Waals surface area contributed by atoms with Gasteiger partial charge in [-0.2, -0.15) is 16.7 Å². The standard InChI is InChI=1S/C15H22FN5O4S/c1-3-8(22)11-9(16)10(23)13(25-11)21-12-7(6-18-14(17)19-12)20(15(21)24)4-5-26-2/h6,8-11,13,22-23H,3-5H2,1-2H3,(H2,17,18,19)/t8?,9-,10-,11-,13-/m1/s1. The van der Waals surface area contributed by atoms with Crippen molar-refractivity contribution in [2.24, 2.45) is 0 Å². The van der Waals surface area contributed by atoms with Crippen LogP contribution in [0, 0.1) is 0 Å². The lowest BCUT2D eigenvalue weighted by Gasteiger charge is -2.18. The Labute approximate surface area is 153 Å². The van der Waals surface area contributed by atoms with Gasteiger partial charge in [0.15, 0.2) is 18.0 Å². The van der Waals surface area contributed by atoms with Crippen molar-refractivity contribution < 1.29 is 19.3 Å². The van der Waals surface area contributed by atoms with Crippen molar-refractivity contribution in [3.63, 3.8) is 0 Å². The average Bonchev–Trinajstić information content (AvgIpc) is 3.06. The Morgan fingerprint density at radius 2 is 2.27 bits per heavy atom. The number of halogens is 1. The molecule has 1 unspecified atom stereocenters. The Bertz CT molecular complexity index is 843. The molecular formula is C15H22FN5O4S. The summed E-state index contributed by atoms with van der Waals surface area (Å²) < 4.78 is 22.5. The number of hydrogen-bond acceptors (Lipinski definition) is 8. The molecule has 0 aromatic carbocycles. The molecule has 0 amide bonds. The van der Waals surface area contributed by atoms with Gasteiger partial charge in [0.05, 0.1) is 12.3 Å². The number of aliphatic hydroxyl groups is 2. The zero-order chi connectivity index (χ0) is 19.0. The van der Waals surface area contributed by atoms with E-state index in [2.05, 4.69) is 9.97 Å². The lowest BCUT2D eigenvalue weighted by Crippen LogP contribution is -2.36. The number of rotatable bonds is 6. The normalized spacial score (nSPS) is 27.3. The van der Waals surface area contributed by atoms with E-state index in [0.717, 1.165) is 4.57 Å². The molecule has 4 N–H and O–H groups in total. The van der Waals surface area contributed by atoms with Gasteiger partial charge >= 0.3 is 5.69 Å². The molecule has 0 radical (unpaired) electrons. The third kappa shape index (κ3) is 3.08. The molecule has 0 saturated carbocycles. The number of aliphatic hydroxyl groups excluding tert-OH is 2. The minimum absolute atomic E-state index is 0.0531. The van der Waals surface area contributed by atoms with Crippen LogP contribution < -0.4 is 11.4 Å². The van der Waals surface area contributed by atoms with Gasteiger partial charge < -0.3 is 20.7 Å². The molecule has 2 aromatic rings. The maximum Gasteiger partial charge on any atom is 0.332 e. The Kier molecular flexibility index (Phi) is 5.51. The maximum absolute atomic E-state index is 14.5. The summed E-state index contributed by atoms with van der Waals surface area (Å²) in [7, 11) is 0. The van der Waals surface area contributed by atoms with Gasteiger partial charge in [-0.3, -0.25) is 4.57 Å². The zero-order valence-corrected chi connectivity index (χ0v) is 15.3. The van der Waals surface area contributed by atoms with Crippen molar-refractivity contribution >= 4 is 28.9 Å². The fourth-order valence-electron chi connectivity index (χ4n) is 3.12. The minimum atomic E-state index is -1.83. The van der Waals surface area contributed by atoms with Gasteiger partial charge in [-0.15, -0.1) is 0 Å². The molecule has 0 bridgehead atoms. The van der Waals surface area contributed by atoms with Crippen LogP contribution in [0.4, 0.5) is 10.3 Å². The van der Waals surface area contributed by atoms with Crippen molar-refractivity contribution in [2.75, 3.05) is 17.7 Å². The van der Waals surface area contributed by atoms with E-state index in [9.17, 15) is 19.4 Å². The van der Waals surface area contributed by atoms with Crippen LogP contribution in [0.3, 0.4) is 0 Å². The molecule has 144 valence electrons. The minimum Gasteiger partial charge on any atom is -0.390 e. The number of alkyl halides is 1. The molecule has 1 aliphatic rings. The van der Waals surface area contributed by atoms with Crippen LogP contribution in [0.1, 0.15) is 19.6 Å². The van der Waals surface area contributed by atoms with Gasteiger partial charge in [0.1, 0.15) is 17.7 Å². The van der Waals surface area contributed by atoms with Crippen molar-refractivity contribution in [3.8, 4) is 0 Å². The van der Waals surface area contributed by atoms with E-state index in [1.807, 2.05) is 6.26 Å². The Morgan fingerprint density at radius 3 is 2.92 bits per heavy atom. The monoisotopic (exact) mass is 387 g/mol. The van der Waals surface area contributed by atoms with E-state index < -0.39 is 36.4 Å². The molecule has 9 nitrogen and oxygen atoms in total. The summed E-state index contributed by atoms with van der Waals surface area (Å²) in [5.41, 5.74) is 5.72. The van der Waals surface area contributed by atoms with Gasteiger partial charge in [-0.05, 0) is 12.7 Å². The summed E-state index contributed by atoms with van der Waals surface area (Å²) >= 11 is 1.56. The molecule has 11 heteroatoms. The van der Waals surface area contributed by atoms with E-state index in [4.69, 9.17) is 10.5 Å². The molecular weight excluding hydrogens is 365 g/mol. The molecule has 0 spiro atoms. The van der Waals surface area contributed by atoms with Gasteiger partial charge in [-0.1, -0.05) is 6.92 Å². The molecule has 1 saturated heterocycles. The first-order valence-electron chi connectivity index (χ1n) is 8.28. The fraction of sp³-hybridized carbons (Fsp3) is 0.667. The topological polar surface area (TPSA) is 128 Å². The average molecular weight is 387 g/mol. The van der Waals surface area contributed by atoms with Crippen LogP contribution in [-0.2, 0) is 11.3 Å². The summed E-state index contributed by atoms with van der Waals surface area (Å²) in [6, 6.07) is 0. The molecule has 3 rings (SSSR count). The second kappa shape index (κ2) is 7.51. The summed E-state index contributed by atoms with van der Waals surface area (Å²) in [5.74, 6) is 0.614. The second-order valence-electron chi connectivity index (χ2n) is 6.14. The number of thioether (sulfide) groups is 1. The molecule has 1 fully saturated rings. The van der Waals surface area contributed by atoms with Gasteiger partial charge in [0.2, 0.25) is 5.95 Å². The van der Waals surface area contributed by atoms with Crippen LogP contribution in [0.15, 0.2) is 11.0 Å². The fourth-order valence-corrected chi connectivity index (χ4v) is 3.48. The van der Waals surface area contributed by atoms with Crippen LogP contribution in [0.5, 0.6) is 0 Å². The highest BCUT2D eigenvalue weighted by Crippen LogP contribution is 2.34. The molecule has 2 aromatic heterocycles. The van der Waals surface area contributed by atoms with E-state index in [1.165, 1.54) is 10.8 Å². The molecule has 0 aliphatic carbocycles. The first kappa shape index (κ1) is 19.1. The first-order valence-corrected chi connectivity index (χ1v) is 9.67. The smallest absolute Gasteiger partial charge is 0.332 e. The lowest BCUT2D eigenvalue weighted by molar-refractivity contribution is -0.0799. The summed E-state index contributed by atoms with van der Waals surface area (Å²) in [5, 5.41) is 20.2. The number of aromatic nitrogens is 4. The van der Waals surface area contributed by atoms with Crippen LogP contribution in [0.2, 0.25) is 0 Å².